The number of halogens is 1. The topological polar surface area (TPSA) is 75.3 Å². The van der Waals surface area contributed by atoms with E-state index >= 15 is 0 Å². The fourth-order valence-corrected chi connectivity index (χ4v) is 2.94. The number of nitrogens with one attached hydrogen (secondary N) is 1. The number of aliphatic hydroxyl groups excluding tert-OH is 1. The maximum Gasteiger partial charge on any atom is 0.200 e. The molecule has 0 radical (unpaired) electrons. The van der Waals surface area contributed by atoms with Crippen LogP contribution >= 0.6 is 11.6 Å². The van der Waals surface area contributed by atoms with Crippen LogP contribution in [0.4, 0.5) is 5.69 Å². The summed E-state index contributed by atoms with van der Waals surface area (Å²) >= 11 is 6.00. The summed E-state index contributed by atoms with van der Waals surface area (Å²) in [5.74, 6) is 0. The van der Waals surface area contributed by atoms with E-state index in [2.05, 4.69) is 20.6 Å². The lowest BCUT2D eigenvalue weighted by atomic mass is 10.1. The molecule has 2 N–H and O–H groups in total. The predicted molar refractivity (Wildman–Crippen MR) is 101 cm³/mol. The standard InChI is InChI=1S/C19H16ClN5O/c20-15-8-4-7-14(9-15)18(26)11-21-17-10-16(13-5-2-1-3-6-13)24-25-12-22-23-19(17)25/h1-10,12,18,21,26H,11H2. The average molecular weight is 366 g/mol. The van der Waals surface area contributed by atoms with Gasteiger partial charge in [0.2, 0.25) is 5.65 Å². The molecule has 0 saturated carbocycles. The molecule has 0 bridgehead atoms. The quantitative estimate of drug-likeness (QED) is 0.565. The number of hydrogen-bond donors (Lipinski definition) is 2. The van der Waals surface area contributed by atoms with E-state index in [1.165, 1.54) is 0 Å². The smallest absolute Gasteiger partial charge is 0.200 e. The Morgan fingerprint density at radius 1 is 1.08 bits per heavy atom. The molecule has 1 atom stereocenters. The SMILES string of the molecule is OC(CNc1cc(-c2ccccc2)nn2cnnc12)c1cccc(Cl)c1. The number of hydrogen-bond acceptors (Lipinski definition) is 5. The summed E-state index contributed by atoms with van der Waals surface area (Å²) in [5.41, 5.74) is 3.87. The van der Waals surface area contributed by atoms with Gasteiger partial charge in [0, 0.05) is 17.1 Å². The Labute approximate surface area is 155 Å². The summed E-state index contributed by atoms with van der Waals surface area (Å²) in [6.45, 7) is 0.307. The Morgan fingerprint density at radius 2 is 1.92 bits per heavy atom. The monoisotopic (exact) mass is 365 g/mol. The van der Waals surface area contributed by atoms with Crippen molar-refractivity contribution < 1.29 is 5.11 Å². The number of benzene rings is 2. The number of aliphatic hydroxyl groups is 1. The minimum Gasteiger partial charge on any atom is -0.387 e. The predicted octanol–water partition coefficient (Wildman–Crippen LogP) is 3.59. The molecule has 0 aliphatic carbocycles. The van der Waals surface area contributed by atoms with Gasteiger partial charge in [-0.1, -0.05) is 54.1 Å². The second-order valence-corrected chi connectivity index (χ2v) is 6.30. The molecule has 0 aliphatic rings. The normalized spacial score (nSPS) is 12.2. The molecule has 0 aliphatic heterocycles. The lowest BCUT2D eigenvalue weighted by Gasteiger charge is -2.14. The lowest BCUT2D eigenvalue weighted by Crippen LogP contribution is -2.13. The molecule has 6 nitrogen and oxygen atoms in total. The van der Waals surface area contributed by atoms with Gasteiger partial charge in [-0.15, -0.1) is 10.2 Å². The Hall–Kier alpha value is -2.96. The van der Waals surface area contributed by atoms with Crippen molar-refractivity contribution in [3.63, 3.8) is 0 Å². The highest BCUT2D eigenvalue weighted by atomic mass is 35.5. The number of fused-ring (bicyclic) bond motifs is 1. The van der Waals surface area contributed by atoms with Crippen molar-refractivity contribution in [2.75, 3.05) is 11.9 Å². The van der Waals surface area contributed by atoms with Crippen molar-refractivity contribution in [2.24, 2.45) is 0 Å². The highest BCUT2D eigenvalue weighted by molar-refractivity contribution is 6.30. The van der Waals surface area contributed by atoms with Crippen molar-refractivity contribution in [1.82, 2.24) is 19.8 Å². The van der Waals surface area contributed by atoms with Crippen LogP contribution in [-0.4, -0.2) is 31.5 Å². The van der Waals surface area contributed by atoms with Crippen LogP contribution in [0.15, 0.2) is 67.0 Å². The van der Waals surface area contributed by atoms with Crippen LogP contribution in [0.25, 0.3) is 16.9 Å². The van der Waals surface area contributed by atoms with Crippen molar-refractivity contribution in [3.8, 4) is 11.3 Å². The van der Waals surface area contributed by atoms with Gasteiger partial charge >= 0.3 is 0 Å². The fraction of sp³-hybridized carbons (Fsp3) is 0.105. The first-order valence-electron chi connectivity index (χ1n) is 8.14. The van der Waals surface area contributed by atoms with Gasteiger partial charge in [-0.2, -0.15) is 9.61 Å². The van der Waals surface area contributed by atoms with Crippen LogP contribution < -0.4 is 5.32 Å². The molecule has 0 spiro atoms. The van der Waals surface area contributed by atoms with E-state index in [-0.39, 0.29) is 0 Å². The zero-order valence-corrected chi connectivity index (χ0v) is 14.5. The Bertz CT molecular complexity index is 1030. The molecule has 2 heterocycles. The first kappa shape index (κ1) is 16.5. The molecule has 0 saturated heterocycles. The van der Waals surface area contributed by atoms with Crippen molar-refractivity contribution in [1.29, 1.82) is 0 Å². The van der Waals surface area contributed by atoms with E-state index in [4.69, 9.17) is 11.6 Å². The average Bonchev–Trinajstić information content (AvgIpc) is 3.15. The van der Waals surface area contributed by atoms with Gasteiger partial charge in [-0.05, 0) is 23.8 Å². The Kier molecular flexibility index (Phi) is 4.51. The molecule has 7 heteroatoms. The zero-order valence-electron chi connectivity index (χ0n) is 13.7. The van der Waals surface area contributed by atoms with E-state index in [0.717, 1.165) is 22.5 Å². The number of rotatable bonds is 5. The van der Waals surface area contributed by atoms with Crippen LogP contribution in [-0.2, 0) is 0 Å². The molecule has 4 aromatic rings. The number of anilines is 1. The molecule has 4 rings (SSSR count). The highest BCUT2D eigenvalue weighted by Crippen LogP contribution is 2.24. The largest absolute Gasteiger partial charge is 0.387 e. The van der Waals surface area contributed by atoms with E-state index < -0.39 is 6.10 Å². The minimum absolute atomic E-state index is 0.307. The summed E-state index contributed by atoms with van der Waals surface area (Å²) in [6.07, 6.45) is 0.852. The molecular formula is C19H16ClN5O. The summed E-state index contributed by atoms with van der Waals surface area (Å²) in [5, 5.41) is 26.8. The van der Waals surface area contributed by atoms with Gasteiger partial charge in [0.1, 0.15) is 6.33 Å². The van der Waals surface area contributed by atoms with Crippen LogP contribution in [0.1, 0.15) is 11.7 Å². The third-order valence-corrected chi connectivity index (χ3v) is 4.29. The summed E-state index contributed by atoms with van der Waals surface area (Å²) in [6, 6.07) is 19.0. The van der Waals surface area contributed by atoms with Gasteiger partial charge in [0.15, 0.2) is 0 Å². The maximum atomic E-state index is 10.4. The second-order valence-electron chi connectivity index (χ2n) is 5.86. The van der Waals surface area contributed by atoms with E-state index in [1.54, 1.807) is 23.0 Å². The molecular weight excluding hydrogens is 350 g/mol. The zero-order chi connectivity index (χ0) is 17.9. The third kappa shape index (κ3) is 3.37. The third-order valence-electron chi connectivity index (χ3n) is 4.06. The molecule has 2 aromatic carbocycles. The number of nitrogens with zero attached hydrogens (tertiary/aromatic N) is 4. The first-order valence-corrected chi connectivity index (χ1v) is 8.52. The Balaban J connectivity index is 1.62. The maximum absolute atomic E-state index is 10.4. The van der Waals surface area contributed by atoms with Crippen molar-refractivity contribution >= 4 is 22.9 Å². The molecule has 0 amide bonds. The van der Waals surface area contributed by atoms with E-state index in [1.807, 2.05) is 48.5 Å². The van der Waals surface area contributed by atoms with Gasteiger partial charge in [0.05, 0.1) is 17.5 Å². The van der Waals surface area contributed by atoms with E-state index in [0.29, 0.717) is 17.2 Å². The van der Waals surface area contributed by atoms with Crippen molar-refractivity contribution in [2.45, 2.75) is 6.10 Å². The number of aromatic nitrogens is 4. The van der Waals surface area contributed by atoms with Crippen LogP contribution in [0.2, 0.25) is 5.02 Å². The van der Waals surface area contributed by atoms with Gasteiger partial charge in [-0.3, -0.25) is 0 Å². The van der Waals surface area contributed by atoms with Crippen molar-refractivity contribution in [3.05, 3.63) is 77.6 Å². The Morgan fingerprint density at radius 3 is 2.73 bits per heavy atom. The molecule has 0 fully saturated rings. The first-order chi connectivity index (χ1) is 12.7. The lowest BCUT2D eigenvalue weighted by molar-refractivity contribution is 0.191. The summed E-state index contributed by atoms with van der Waals surface area (Å²) < 4.78 is 1.62. The highest BCUT2D eigenvalue weighted by Gasteiger charge is 2.12. The van der Waals surface area contributed by atoms with Crippen LogP contribution in [0, 0.1) is 0 Å². The minimum atomic E-state index is -0.704. The van der Waals surface area contributed by atoms with E-state index in [9.17, 15) is 5.11 Å². The summed E-state index contributed by atoms with van der Waals surface area (Å²) in [7, 11) is 0. The van der Waals surface area contributed by atoms with Gasteiger partial charge < -0.3 is 10.4 Å². The fourth-order valence-electron chi connectivity index (χ4n) is 2.75. The van der Waals surface area contributed by atoms with Gasteiger partial charge in [-0.25, -0.2) is 0 Å². The molecule has 130 valence electrons. The molecule has 2 aromatic heterocycles. The van der Waals surface area contributed by atoms with Gasteiger partial charge in [0.25, 0.3) is 0 Å². The second kappa shape index (κ2) is 7.11. The molecule has 1 unspecified atom stereocenters. The molecule has 26 heavy (non-hydrogen) atoms. The summed E-state index contributed by atoms with van der Waals surface area (Å²) in [4.78, 5) is 0. The van der Waals surface area contributed by atoms with Crippen LogP contribution in [0.5, 0.6) is 0 Å². The van der Waals surface area contributed by atoms with Crippen LogP contribution in [0.3, 0.4) is 0 Å².